The Hall–Kier alpha value is -1.85. The van der Waals surface area contributed by atoms with Crippen LogP contribution in [0.1, 0.15) is 5.56 Å². The minimum absolute atomic E-state index is 0.147. The molecule has 1 fully saturated rings. The van der Waals surface area contributed by atoms with E-state index in [0.29, 0.717) is 11.6 Å². The molecule has 1 saturated heterocycles. The Balaban J connectivity index is 1.81. The maximum absolute atomic E-state index is 11.5. The Morgan fingerprint density at radius 1 is 1.26 bits per heavy atom. The summed E-state index contributed by atoms with van der Waals surface area (Å²) in [6.07, 6.45) is 0.913. The summed E-state index contributed by atoms with van der Waals surface area (Å²) >= 11 is 0. The molecule has 0 amide bonds. The first-order valence-corrected chi connectivity index (χ1v) is 9.19. The quantitative estimate of drug-likeness (QED) is 0.915. The molecular weight excluding hydrogens is 310 g/mol. The number of methoxy groups -OCH3 is 1. The molecule has 2 aromatic rings. The molecule has 3 rings (SSSR count). The van der Waals surface area contributed by atoms with Crippen molar-refractivity contribution in [3.8, 4) is 22.6 Å². The van der Waals surface area contributed by atoms with Gasteiger partial charge >= 0.3 is 0 Å². The zero-order valence-corrected chi connectivity index (χ0v) is 14.0. The SMILES string of the molecule is COc1cc(-c2ccccc2CCN2CCS(=O)C2)ccc1O. The van der Waals surface area contributed by atoms with E-state index in [2.05, 4.69) is 17.0 Å². The maximum Gasteiger partial charge on any atom is 0.161 e. The predicted molar refractivity (Wildman–Crippen MR) is 93.2 cm³/mol. The van der Waals surface area contributed by atoms with Gasteiger partial charge in [0.05, 0.1) is 13.0 Å². The first-order valence-electron chi connectivity index (χ1n) is 7.70. The van der Waals surface area contributed by atoms with Crippen LogP contribution < -0.4 is 4.74 Å². The average Bonchev–Trinajstić information content (AvgIpc) is 2.99. The minimum atomic E-state index is -0.678. The van der Waals surface area contributed by atoms with Crippen LogP contribution in [0, 0.1) is 0 Å². The molecular formula is C18H21NO3S. The monoisotopic (exact) mass is 331 g/mol. The van der Waals surface area contributed by atoms with Gasteiger partial charge in [-0.2, -0.15) is 0 Å². The van der Waals surface area contributed by atoms with Gasteiger partial charge in [0.1, 0.15) is 0 Å². The van der Waals surface area contributed by atoms with Crippen molar-refractivity contribution in [1.82, 2.24) is 4.90 Å². The van der Waals surface area contributed by atoms with Crippen molar-refractivity contribution >= 4 is 10.8 Å². The Kier molecular flexibility index (Phi) is 4.98. The third-order valence-electron chi connectivity index (χ3n) is 4.17. The van der Waals surface area contributed by atoms with Crippen molar-refractivity contribution in [2.24, 2.45) is 0 Å². The van der Waals surface area contributed by atoms with E-state index in [1.807, 2.05) is 24.3 Å². The number of hydrogen-bond donors (Lipinski definition) is 1. The predicted octanol–water partition coefficient (Wildman–Crippen LogP) is 2.63. The summed E-state index contributed by atoms with van der Waals surface area (Å²) in [6, 6.07) is 13.7. The van der Waals surface area contributed by atoms with E-state index in [1.165, 1.54) is 5.56 Å². The van der Waals surface area contributed by atoms with Gasteiger partial charge in [0.15, 0.2) is 11.5 Å². The van der Waals surface area contributed by atoms with Crippen LogP contribution >= 0.6 is 0 Å². The van der Waals surface area contributed by atoms with Crippen molar-refractivity contribution in [3.05, 3.63) is 48.0 Å². The number of nitrogens with zero attached hydrogens (tertiary/aromatic N) is 1. The lowest BCUT2D eigenvalue weighted by Gasteiger charge is -2.16. The molecule has 0 spiro atoms. The lowest BCUT2D eigenvalue weighted by Crippen LogP contribution is -2.23. The van der Waals surface area contributed by atoms with Crippen molar-refractivity contribution in [2.75, 3.05) is 31.8 Å². The summed E-state index contributed by atoms with van der Waals surface area (Å²) in [5, 5.41) is 9.76. The van der Waals surface area contributed by atoms with Gasteiger partial charge in [0.2, 0.25) is 0 Å². The van der Waals surface area contributed by atoms with Crippen molar-refractivity contribution in [2.45, 2.75) is 6.42 Å². The first-order chi connectivity index (χ1) is 11.2. The highest BCUT2D eigenvalue weighted by atomic mass is 32.2. The number of aromatic hydroxyl groups is 1. The fourth-order valence-electron chi connectivity index (χ4n) is 2.88. The van der Waals surface area contributed by atoms with E-state index in [4.69, 9.17) is 4.74 Å². The number of phenolic OH excluding ortho intramolecular Hbond substituents is 1. The van der Waals surface area contributed by atoms with E-state index in [0.717, 1.165) is 36.4 Å². The second-order valence-electron chi connectivity index (χ2n) is 5.68. The van der Waals surface area contributed by atoms with Gasteiger partial charge in [-0.05, 0) is 35.2 Å². The van der Waals surface area contributed by atoms with Crippen LogP contribution in [0.5, 0.6) is 11.5 Å². The Labute approximate surface area is 139 Å². The van der Waals surface area contributed by atoms with Gasteiger partial charge in [0, 0.05) is 29.6 Å². The molecule has 1 aliphatic rings. The van der Waals surface area contributed by atoms with E-state index >= 15 is 0 Å². The molecule has 1 unspecified atom stereocenters. The Bertz CT molecular complexity index is 717. The molecule has 1 aliphatic heterocycles. The largest absolute Gasteiger partial charge is 0.504 e. The molecule has 0 saturated carbocycles. The molecule has 5 heteroatoms. The van der Waals surface area contributed by atoms with Crippen LogP contribution in [-0.2, 0) is 17.2 Å². The van der Waals surface area contributed by atoms with Gasteiger partial charge in [0.25, 0.3) is 0 Å². The highest BCUT2D eigenvalue weighted by Gasteiger charge is 2.18. The van der Waals surface area contributed by atoms with Crippen molar-refractivity contribution in [1.29, 1.82) is 0 Å². The Morgan fingerprint density at radius 2 is 2.09 bits per heavy atom. The van der Waals surface area contributed by atoms with E-state index in [-0.39, 0.29) is 5.75 Å². The molecule has 4 nitrogen and oxygen atoms in total. The van der Waals surface area contributed by atoms with Crippen LogP contribution in [0.15, 0.2) is 42.5 Å². The molecule has 1 N–H and O–H groups in total. The molecule has 1 heterocycles. The highest BCUT2D eigenvalue weighted by Crippen LogP contribution is 2.33. The fraction of sp³-hybridized carbons (Fsp3) is 0.333. The molecule has 0 aliphatic carbocycles. The number of ether oxygens (including phenoxy) is 1. The van der Waals surface area contributed by atoms with Crippen molar-refractivity contribution < 1.29 is 14.1 Å². The summed E-state index contributed by atoms with van der Waals surface area (Å²) in [5.74, 6) is 2.10. The van der Waals surface area contributed by atoms with Gasteiger partial charge in [-0.15, -0.1) is 0 Å². The van der Waals surface area contributed by atoms with Crippen LogP contribution in [0.4, 0.5) is 0 Å². The topological polar surface area (TPSA) is 49.8 Å². The number of hydrogen-bond acceptors (Lipinski definition) is 4. The molecule has 23 heavy (non-hydrogen) atoms. The normalized spacial score (nSPS) is 18.2. The molecule has 0 bridgehead atoms. The third-order valence-corrected chi connectivity index (χ3v) is 5.46. The number of phenols is 1. The Morgan fingerprint density at radius 3 is 2.83 bits per heavy atom. The van der Waals surface area contributed by atoms with Crippen LogP contribution in [-0.4, -0.2) is 46.0 Å². The minimum Gasteiger partial charge on any atom is -0.504 e. The molecule has 0 aromatic heterocycles. The molecule has 0 radical (unpaired) electrons. The number of benzene rings is 2. The summed E-state index contributed by atoms with van der Waals surface area (Å²) < 4.78 is 16.7. The van der Waals surface area contributed by atoms with Gasteiger partial charge < -0.3 is 9.84 Å². The van der Waals surface area contributed by atoms with E-state index in [1.54, 1.807) is 13.2 Å². The second-order valence-corrected chi connectivity index (χ2v) is 7.23. The lowest BCUT2D eigenvalue weighted by molar-refractivity contribution is 0.360. The zero-order valence-electron chi connectivity index (χ0n) is 13.2. The first kappa shape index (κ1) is 16.0. The van der Waals surface area contributed by atoms with Crippen LogP contribution in [0.2, 0.25) is 0 Å². The van der Waals surface area contributed by atoms with Crippen molar-refractivity contribution in [3.63, 3.8) is 0 Å². The summed E-state index contributed by atoms with van der Waals surface area (Å²) in [4.78, 5) is 2.25. The van der Waals surface area contributed by atoms with E-state index < -0.39 is 10.8 Å². The van der Waals surface area contributed by atoms with Gasteiger partial charge in [-0.25, -0.2) is 0 Å². The fourth-order valence-corrected chi connectivity index (χ4v) is 4.14. The van der Waals surface area contributed by atoms with Crippen LogP contribution in [0.25, 0.3) is 11.1 Å². The van der Waals surface area contributed by atoms with Crippen LogP contribution in [0.3, 0.4) is 0 Å². The van der Waals surface area contributed by atoms with Gasteiger partial charge in [-0.3, -0.25) is 9.11 Å². The molecule has 2 aromatic carbocycles. The molecule has 122 valence electrons. The maximum atomic E-state index is 11.5. The third kappa shape index (κ3) is 3.74. The second kappa shape index (κ2) is 7.15. The standard InChI is InChI=1S/C18H21NO3S/c1-22-18-12-15(6-7-17(18)20)16-5-3-2-4-14(16)8-9-19-10-11-23(21)13-19/h2-7,12,20H,8-11,13H2,1H3. The smallest absolute Gasteiger partial charge is 0.161 e. The average molecular weight is 331 g/mol. The van der Waals surface area contributed by atoms with Gasteiger partial charge in [-0.1, -0.05) is 30.3 Å². The van der Waals surface area contributed by atoms with E-state index in [9.17, 15) is 9.32 Å². The summed E-state index contributed by atoms with van der Waals surface area (Å²) in [6.45, 7) is 1.83. The zero-order chi connectivity index (χ0) is 16.2. The number of rotatable bonds is 5. The lowest BCUT2D eigenvalue weighted by atomic mass is 9.97. The highest BCUT2D eigenvalue weighted by molar-refractivity contribution is 7.85. The molecule has 1 atom stereocenters. The summed E-state index contributed by atoms with van der Waals surface area (Å²) in [5.41, 5.74) is 3.42. The summed E-state index contributed by atoms with van der Waals surface area (Å²) in [7, 11) is 0.876.